The summed E-state index contributed by atoms with van der Waals surface area (Å²) in [5, 5.41) is 0. The van der Waals surface area contributed by atoms with E-state index >= 15 is 0 Å². The van der Waals surface area contributed by atoms with Gasteiger partial charge in [0.25, 0.3) is 0 Å². The third kappa shape index (κ3) is 2.80. The molecule has 1 aliphatic heterocycles. The zero-order valence-electron chi connectivity index (χ0n) is 13.2. The molecule has 23 heavy (non-hydrogen) atoms. The van der Waals surface area contributed by atoms with Gasteiger partial charge in [0.2, 0.25) is 12.6 Å². The van der Waals surface area contributed by atoms with Gasteiger partial charge in [-0.1, -0.05) is 79.9 Å². The maximum absolute atomic E-state index is 6.20. The lowest BCUT2D eigenvalue weighted by atomic mass is 9.69. The molecule has 0 aromatic heterocycles. The van der Waals surface area contributed by atoms with Crippen molar-refractivity contribution in [2.45, 2.75) is 50.1 Å². The van der Waals surface area contributed by atoms with Crippen LogP contribution in [0.5, 0.6) is 0 Å². The maximum Gasteiger partial charge on any atom is 0.220 e. The van der Waals surface area contributed by atoms with Crippen LogP contribution in [0.2, 0.25) is 0 Å². The first-order valence-corrected chi connectivity index (χ1v) is 8.47. The highest BCUT2D eigenvalue weighted by Gasteiger charge is 2.48. The Labute approximate surface area is 137 Å². The van der Waals surface area contributed by atoms with E-state index in [9.17, 15) is 0 Å². The van der Waals surface area contributed by atoms with Crippen molar-refractivity contribution in [3.8, 4) is 0 Å². The summed E-state index contributed by atoms with van der Waals surface area (Å²) in [5.74, 6) is 0. The number of benzene rings is 2. The molecule has 2 aliphatic rings. The van der Waals surface area contributed by atoms with Crippen LogP contribution in [-0.2, 0) is 19.9 Å². The smallest absolute Gasteiger partial charge is 0.220 e. The lowest BCUT2D eigenvalue weighted by Gasteiger charge is -2.40. The summed E-state index contributed by atoms with van der Waals surface area (Å²) in [6, 6.07) is 20.6. The normalized spacial score (nSPS) is 27.0. The summed E-state index contributed by atoms with van der Waals surface area (Å²) in [7, 11) is 0. The molecule has 2 fully saturated rings. The molecule has 1 heterocycles. The van der Waals surface area contributed by atoms with Crippen LogP contribution in [0.1, 0.15) is 49.5 Å². The van der Waals surface area contributed by atoms with Gasteiger partial charge in [0, 0.05) is 11.0 Å². The summed E-state index contributed by atoms with van der Waals surface area (Å²) in [6.45, 7) is 0. The van der Waals surface area contributed by atoms with Gasteiger partial charge < -0.3 is 4.74 Å². The Balaban J connectivity index is 1.61. The van der Waals surface area contributed by atoms with Crippen molar-refractivity contribution < 1.29 is 14.5 Å². The first-order valence-electron chi connectivity index (χ1n) is 8.47. The molecule has 2 atom stereocenters. The SMILES string of the molecule is c1ccc(C2OOC(C3(c4ccccc4)CCCCC3)O2)cc1. The Hall–Kier alpha value is -1.68. The standard InChI is InChI=1S/C20H22O3/c1-4-10-16(11-5-1)18-21-19(23-22-18)20(14-8-3-9-15-20)17-12-6-2-7-13-17/h1-2,4-7,10-13,18-19H,3,8-9,14-15H2. The van der Waals surface area contributed by atoms with Crippen LogP contribution in [0.4, 0.5) is 0 Å². The van der Waals surface area contributed by atoms with Crippen molar-refractivity contribution in [1.29, 1.82) is 0 Å². The van der Waals surface area contributed by atoms with E-state index in [1.54, 1.807) is 0 Å². The predicted octanol–water partition coefficient (Wildman–Crippen LogP) is 4.89. The van der Waals surface area contributed by atoms with Crippen LogP contribution >= 0.6 is 0 Å². The molecule has 2 unspecified atom stereocenters. The minimum Gasteiger partial charge on any atom is -0.312 e. The lowest BCUT2D eigenvalue weighted by Crippen LogP contribution is -2.42. The molecule has 0 spiro atoms. The lowest BCUT2D eigenvalue weighted by molar-refractivity contribution is -0.310. The quantitative estimate of drug-likeness (QED) is 0.755. The van der Waals surface area contributed by atoms with Crippen LogP contribution in [0.25, 0.3) is 0 Å². The van der Waals surface area contributed by atoms with E-state index < -0.39 is 6.29 Å². The molecule has 120 valence electrons. The van der Waals surface area contributed by atoms with Crippen LogP contribution in [0.3, 0.4) is 0 Å². The van der Waals surface area contributed by atoms with Gasteiger partial charge in [0.1, 0.15) is 0 Å². The third-order valence-electron chi connectivity index (χ3n) is 5.09. The summed E-state index contributed by atoms with van der Waals surface area (Å²) in [4.78, 5) is 11.2. The number of rotatable bonds is 3. The van der Waals surface area contributed by atoms with Crippen LogP contribution < -0.4 is 0 Å². The van der Waals surface area contributed by atoms with Crippen LogP contribution in [-0.4, -0.2) is 6.29 Å². The van der Waals surface area contributed by atoms with Crippen molar-refractivity contribution in [2.75, 3.05) is 0 Å². The molecule has 0 bridgehead atoms. The molecular weight excluding hydrogens is 288 g/mol. The second-order valence-electron chi connectivity index (χ2n) is 6.49. The van der Waals surface area contributed by atoms with Gasteiger partial charge in [-0.3, -0.25) is 0 Å². The fourth-order valence-electron chi connectivity index (χ4n) is 3.84. The monoisotopic (exact) mass is 310 g/mol. The second kappa shape index (κ2) is 6.44. The van der Waals surface area contributed by atoms with E-state index in [1.165, 1.54) is 24.8 Å². The molecule has 1 saturated carbocycles. The highest BCUT2D eigenvalue weighted by molar-refractivity contribution is 5.27. The summed E-state index contributed by atoms with van der Waals surface area (Å²) in [5.41, 5.74) is 2.18. The number of ether oxygens (including phenoxy) is 1. The Morgan fingerprint density at radius 1 is 0.739 bits per heavy atom. The topological polar surface area (TPSA) is 27.7 Å². The van der Waals surface area contributed by atoms with E-state index in [2.05, 4.69) is 30.3 Å². The van der Waals surface area contributed by atoms with Gasteiger partial charge >= 0.3 is 0 Å². The largest absolute Gasteiger partial charge is 0.312 e. The highest BCUT2D eigenvalue weighted by Crippen LogP contribution is 2.47. The Morgan fingerprint density at radius 2 is 1.39 bits per heavy atom. The van der Waals surface area contributed by atoms with Crippen molar-refractivity contribution in [3.63, 3.8) is 0 Å². The molecule has 2 aromatic carbocycles. The van der Waals surface area contributed by atoms with Gasteiger partial charge in [0.15, 0.2) is 0 Å². The Morgan fingerprint density at radius 3 is 2.09 bits per heavy atom. The third-order valence-corrected chi connectivity index (χ3v) is 5.09. The first-order chi connectivity index (χ1) is 11.4. The van der Waals surface area contributed by atoms with Gasteiger partial charge in [-0.2, -0.15) is 4.89 Å². The molecule has 0 amide bonds. The molecule has 1 aliphatic carbocycles. The van der Waals surface area contributed by atoms with E-state index in [1.807, 2.05) is 30.3 Å². The summed E-state index contributed by atoms with van der Waals surface area (Å²) < 4.78 is 6.20. The fraction of sp³-hybridized carbons (Fsp3) is 0.400. The predicted molar refractivity (Wildman–Crippen MR) is 87.4 cm³/mol. The van der Waals surface area contributed by atoms with Gasteiger partial charge in [0.05, 0.1) is 0 Å². The van der Waals surface area contributed by atoms with E-state index in [-0.39, 0.29) is 11.7 Å². The van der Waals surface area contributed by atoms with Gasteiger partial charge in [-0.15, -0.1) is 0 Å². The van der Waals surface area contributed by atoms with Crippen molar-refractivity contribution in [1.82, 2.24) is 0 Å². The molecule has 1 saturated heterocycles. The van der Waals surface area contributed by atoms with Gasteiger partial charge in [-0.25, -0.2) is 4.89 Å². The fourth-order valence-corrected chi connectivity index (χ4v) is 3.84. The minimum atomic E-state index is -0.441. The van der Waals surface area contributed by atoms with Crippen molar-refractivity contribution in [2.24, 2.45) is 0 Å². The number of hydrogen-bond acceptors (Lipinski definition) is 3. The molecule has 2 aromatic rings. The first kappa shape index (κ1) is 14.9. The minimum absolute atomic E-state index is 0.108. The summed E-state index contributed by atoms with van der Waals surface area (Å²) in [6.07, 6.45) is 5.05. The average molecular weight is 310 g/mol. The summed E-state index contributed by atoms with van der Waals surface area (Å²) >= 11 is 0. The van der Waals surface area contributed by atoms with Crippen LogP contribution in [0, 0.1) is 0 Å². The van der Waals surface area contributed by atoms with Crippen molar-refractivity contribution in [3.05, 3.63) is 71.8 Å². The Bertz CT molecular complexity index is 620. The average Bonchev–Trinajstić information content (AvgIpc) is 3.14. The maximum atomic E-state index is 6.20. The van der Waals surface area contributed by atoms with Gasteiger partial charge in [-0.05, 0) is 18.4 Å². The van der Waals surface area contributed by atoms with E-state index in [0.717, 1.165) is 18.4 Å². The van der Waals surface area contributed by atoms with E-state index in [0.29, 0.717) is 0 Å². The Kier molecular flexibility index (Phi) is 4.17. The zero-order valence-corrected chi connectivity index (χ0v) is 13.2. The highest BCUT2D eigenvalue weighted by atomic mass is 17.3. The molecule has 3 nitrogen and oxygen atoms in total. The molecule has 3 heteroatoms. The molecule has 0 N–H and O–H groups in total. The van der Waals surface area contributed by atoms with Crippen molar-refractivity contribution >= 4 is 0 Å². The number of hydrogen-bond donors (Lipinski definition) is 0. The van der Waals surface area contributed by atoms with Crippen LogP contribution in [0.15, 0.2) is 60.7 Å². The zero-order chi connectivity index (χ0) is 15.5. The van der Waals surface area contributed by atoms with E-state index in [4.69, 9.17) is 14.5 Å². The second-order valence-corrected chi connectivity index (χ2v) is 6.49. The molecule has 0 radical (unpaired) electrons. The molecular formula is C20H22O3. The molecule has 4 rings (SSSR count).